The van der Waals surface area contributed by atoms with Gasteiger partial charge in [-0.05, 0) is 5.94 Å². The van der Waals surface area contributed by atoms with Gasteiger partial charge in [-0.2, -0.15) is 0 Å². The van der Waals surface area contributed by atoms with Crippen LogP contribution in [0, 0.1) is 0 Å². The number of hydrogen-bond acceptors (Lipinski definition) is 5. The van der Waals surface area contributed by atoms with E-state index in [0.717, 1.165) is 13.2 Å². The highest BCUT2D eigenvalue weighted by Gasteiger charge is 2.26. The Hall–Kier alpha value is -0.145. The molecule has 6 nitrogen and oxygen atoms in total. The summed E-state index contributed by atoms with van der Waals surface area (Å²) in [6.07, 6.45) is 0.852. The molecule has 0 aliphatic rings. The van der Waals surface area contributed by atoms with E-state index in [2.05, 4.69) is 0 Å². The molecular weight excluding hydrogens is 173 g/mol. The summed E-state index contributed by atoms with van der Waals surface area (Å²) in [6.45, 7) is -2.49. The molecule has 0 aromatic carbocycles. The Labute approximate surface area is 64.9 Å². The van der Waals surface area contributed by atoms with Crippen molar-refractivity contribution in [3.8, 4) is 0 Å². The maximum atomic E-state index is 10.5. The van der Waals surface area contributed by atoms with Crippen LogP contribution >= 0.6 is 0 Å². The molecule has 0 amide bonds. The molecule has 68 valence electrons. The normalized spacial score (nSPS) is 16.5. The van der Waals surface area contributed by atoms with E-state index in [-0.39, 0.29) is 0 Å². The second-order valence-corrected chi connectivity index (χ2v) is 4.25. The SMILES string of the molecule is C[C@@H](NS(C)(=O)=O)[B-](O)(O)O. The minimum atomic E-state index is -3.63. The molecule has 0 spiro atoms. The number of hydrogen-bond donors (Lipinski definition) is 4. The zero-order valence-electron chi connectivity index (χ0n) is 6.22. The van der Waals surface area contributed by atoms with Crippen LogP contribution in [0.1, 0.15) is 6.92 Å². The van der Waals surface area contributed by atoms with Crippen LogP contribution in [0.15, 0.2) is 0 Å². The Morgan fingerprint density at radius 3 is 1.82 bits per heavy atom. The van der Waals surface area contributed by atoms with Crippen molar-refractivity contribution in [3.63, 3.8) is 0 Å². The molecule has 0 fully saturated rings. The second-order valence-electron chi connectivity index (χ2n) is 2.47. The summed E-state index contributed by atoms with van der Waals surface area (Å²) in [5.41, 5.74) is 0. The fraction of sp³-hybridized carbons (Fsp3) is 1.00. The van der Waals surface area contributed by atoms with Gasteiger partial charge in [0.05, 0.1) is 6.26 Å². The fourth-order valence-corrected chi connectivity index (χ4v) is 1.29. The van der Waals surface area contributed by atoms with E-state index in [9.17, 15) is 8.42 Å². The molecule has 1 atom stereocenters. The fourth-order valence-electron chi connectivity index (χ4n) is 0.429. The first kappa shape index (κ1) is 10.9. The Bertz CT molecular complexity index is 218. The predicted molar refractivity (Wildman–Crippen MR) is 39.9 cm³/mol. The summed E-state index contributed by atoms with van der Waals surface area (Å²) in [5.74, 6) is -1.30. The molecule has 0 unspecified atom stereocenters. The third-order valence-electron chi connectivity index (χ3n) is 1.07. The molecule has 0 saturated heterocycles. The maximum absolute atomic E-state index is 10.5. The van der Waals surface area contributed by atoms with Crippen molar-refractivity contribution < 1.29 is 23.5 Å². The Morgan fingerprint density at radius 2 is 1.73 bits per heavy atom. The van der Waals surface area contributed by atoms with Crippen molar-refractivity contribution in [2.24, 2.45) is 0 Å². The molecule has 0 aromatic rings. The van der Waals surface area contributed by atoms with E-state index in [1.165, 1.54) is 0 Å². The van der Waals surface area contributed by atoms with Crippen LogP contribution in [-0.4, -0.2) is 42.4 Å². The van der Waals surface area contributed by atoms with Crippen molar-refractivity contribution in [2.45, 2.75) is 12.9 Å². The number of rotatable bonds is 3. The van der Waals surface area contributed by atoms with Crippen LogP contribution in [0.4, 0.5) is 0 Å². The molecule has 0 rings (SSSR count). The van der Waals surface area contributed by atoms with Gasteiger partial charge in [-0.1, -0.05) is 6.92 Å². The lowest BCUT2D eigenvalue weighted by Crippen LogP contribution is -2.55. The third-order valence-corrected chi connectivity index (χ3v) is 1.87. The summed E-state index contributed by atoms with van der Waals surface area (Å²) in [4.78, 5) is 0. The molecular formula is C3H11BNO5S-. The largest absolute Gasteiger partial charge is 0.559 e. The molecule has 8 heteroatoms. The van der Waals surface area contributed by atoms with Gasteiger partial charge in [0.15, 0.2) is 0 Å². The summed E-state index contributed by atoms with van der Waals surface area (Å²) >= 11 is 0. The van der Waals surface area contributed by atoms with Gasteiger partial charge in [0.25, 0.3) is 0 Å². The van der Waals surface area contributed by atoms with Gasteiger partial charge in [-0.3, -0.25) is 0 Å². The lowest BCUT2D eigenvalue weighted by atomic mass is 9.72. The molecule has 0 aromatic heterocycles. The van der Waals surface area contributed by atoms with Crippen molar-refractivity contribution >= 4 is 16.8 Å². The molecule has 0 saturated carbocycles. The smallest absolute Gasteiger partial charge is 0.389 e. The van der Waals surface area contributed by atoms with E-state index in [1.54, 1.807) is 0 Å². The summed E-state index contributed by atoms with van der Waals surface area (Å²) < 4.78 is 22.7. The minimum Gasteiger partial charge on any atom is -0.559 e. The van der Waals surface area contributed by atoms with Crippen LogP contribution in [0.25, 0.3) is 0 Å². The van der Waals surface area contributed by atoms with Crippen LogP contribution in [0.2, 0.25) is 0 Å². The maximum Gasteiger partial charge on any atom is 0.389 e. The summed E-state index contributed by atoms with van der Waals surface area (Å²) in [6, 6.07) is 0. The summed E-state index contributed by atoms with van der Waals surface area (Å²) in [7, 11) is -3.52. The molecule has 0 aliphatic carbocycles. The molecule has 11 heavy (non-hydrogen) atoms. The predicted octanol–water partition coefficient (Wildman–Crippen LogP) is -2.62. The van der Waals surface area contributed by atoms with E-state index in [0.29, 0.717) is 0 Å². The highest BCUT2D eigenvalue weighted by molar-refractivity contribution is 7.88. The molecule has 4 N–H and O–H groups in total. The Kier molecular flexibility index (Phi) is 3.03. The van der Waals surface area contributed by atoms with Crippen molar-refractivity contribution in [1.82, 2.24) is 4.72 Å². The topological polar surface area (TPSA) is 107 Å². The van der Waals surface area contributed by atoms with E-state index < -0.39 is 22.7 Å². The van der Waals surface area contributed by atoms with E-state index in [1.807, 2.05) is 4.72 Å². The second kappa shape index (κ2) is 3.07. The van der Waals surface area contributed by atoms with Crippen LogP contribution in [0.5, 0.6) is 0 Å². The monoisotopic (exact) mass is 184 g/mol. The van der Waals surface area contributed by atoms with E-state index in [4.69, 9.17) is 15.1 Å². The molecule has 0 heterocycles. The van der Waals surface area contributed by atoms with Gasteiger partial charge in [0.1, 0.15) is 0 Å². The minimum absolute atomic E-state index is 0.852. The quantitative estimate of drug-likeness (QED) is 0.359. The summed E-state index contributed by atoms with van der Waals surface area (Å²) in [5, 5.41) is 25.5. The zero-order chi connectivity index (χ0) is 9.28. The van der Waals surface area contributed by atoms with Gasteiger partial charge in [0.2, 0.25) is 10.0 Å². The molecule has 0 aliphatic heterocycles. The number of sulfonamides is 1. The zero-order valence-corrected chi connectivity index (χ0v) is 7.04. The highest BCUT2D eigenvalue weighted by Crippen LogP contribution is 1.95. The van der Waals surface area contributed by atoms with Crippen molar-refractivity contribution in [2.75, 3.05) is 6.26 Å². The third kappa shape index (κ3) is 5.16. The van der Waals surface area contributed by atoms with E-state index >= 15 is 0 Å². The van der Waals surface area contributed by atoms with Gasteiger partial charge >= 0.3 is 6.75 Å². The first-order chi connectivity index (χ1) is 4.63. The van der Waals surface area contributed by atoms with Crippen LogP contribution in [0.3, 0.4) is 0 Å². The lowest BCUT2D eigenvalue weighted by molar-refractivity contribution is 0.211. The van der Waals surface area contributed by atoms with Gasteiger partial charge in [-0.15, -0.1) is 0 Å². The van der Waals surface area contributed by atoms with Gasteiger partial charge in [0, 0.05) is 0 Å². The lowest BCUT2D eigenvalue weighted by Gasteiger charge is -2.28. The first-order valence-electron chi connectivity index (χ1n) is 2.92. The highest BCUT2D eigenvalue weighted by atomic mass is 32.2. The molecule has 0 bridgehead atoms. The Morgan fingerprint density at radius 1 is 1.36 bits per heavy atom. The average Bonchev–Trinajstić information content (AvgIpc) is 1.56. The standard InChI is InChI=1S/C3H11BNO5S/c1-3(4(6,7)8)5-11(2,9)10/h3,5-8H,1-2H3/q-1/t3-/m1/s1. The van der Waals surface area contributed by atoms with Crippen LogP contribution < -0.4 is 4.72 Å². The number of nitrogens with one attached hydrogen (secondary N) is 1. The van der Waals surface area contributed by atoms with Crippen molar-refractivity contribution in [3.05, 3.63) is 0 Å². The van der Waals surface area contributed by atoms with Gasteiger partial charge < -0.3 is 15.1 Å². The van der Waals surface area contributed by atoms with Crippen molar-refractivity contribution in [1.29, 1.82) is 0 Å². The first-order valence-corrected chi connectivity index (χ1v) is 4.81. The molecule has 0 radical (unpaired) electrons. The average molecular weight is 184 g/mol. The Balaban J connectivity index is 4.21. The van der Waals surface area contributed by atoms with Crippen LogP contribution in [-0.2, 0) is 10.0 Å². The van der Waals surface area contributed by atoms with Gasteiger partial charge in [-0.25, -0.2) is 13.1 Å².